The molecule has 0 unspecified atom stereocenters. The Kier molecular flexibility index (Phi) is 7.92. The van der Waals surface area contributed by atoms with E-state index in [1.807, 2.05) is 18.2 Å². The molecule has 3 nitrogen and oxygen atoms in total. The van der Waals surface area contributed by atoms with Crippen molar-refractivity contribution in [2.75, 3.05) is 25.4 Å². The van der Waals surface area contributed by atoms with Crippen molar-refractivity contribution in [3.63, 3.8) is 0 Å². The van der Waals surface area contributed by atoms with E-state index in [-0.39, 0.29) is 11.7 Å². The van der Waals surface area contributed by atoms with Crippen LogP contribution in [0.3, 0.4) is 0 Å². The fourth-order valence-corrected chi connectivity index (χ4v) is 4.22. The largest absolute Gasteiger partial charge is 0.351 e. The van der Waals surface area contributed by atoms with E-state index in [2.05, 4.69) is 29.3 Å². The first-order valence-corrected chi connectivity index (χ1v) is 11.2. The molecule has 0 saturated carbocycles. The van der Waals surface area contributed by atoms with Crippen LogP contribution in [0.25, 0.3) is 0 Å². The average molecular weight is 401 g/mol. The number of thioether (sulfide) groups is 1. The molecule has 0 bridgehead atoms. The Morgan fingerprint density at radius 2 is 1.86 bits per heavy atom. The zero-order chi connectivity index (χ0) is 19.8. The summed E-state index contributed by atoms with van der Waals surface area (Å²) >= 11 is 1.62. The van der Waals surface area contributed by atoms with E-state index in [4.69, 9.17) is 0 Å². The third-order valence-electron chi connectivity index (χ3n) is 5.25. The van der Waals surface area contributed by atoms with Gasteiger partial charge in [-0.1, -0.05) is 37.3 Å². The van der Waals surface area contributed by atoms with Crippen molar-refractivity contribution in [3.8, 4) is 0 Å². The van der Waals surface area contributed by atoms with Gasteiger partial charge in [0.1, 0.15) is 5.82 Å². The maximum absolute atomic E-state index is 13.6. The maximum Gasteiger partial charge on any atom is 0.251 e. The lowest BCUT2D eigenvalue weighted by molar-refractivity contribution is 0.0956. The predicted octanol–water partition coefficient (Wildman–Crippen LogP) is 4.72. The fourth-order valence-electron chi connectivity index (χ4n) is 3.38. The number of likely N-dealkylation sites (tertiary alicyclic amines) is 1. The van der Waals surface area contributed by atoms with Crippen molar-refractivity contribution >= 4 is 17.7 Å². The lowest BCUT2D eigenvalue weighted by atomic mass is 9.99. The average Bonchev–Trinajstić information content (AvgIpc) is 2.71. The molecule has 3 rings (SSSR count). The molecule has 1 amide bonds. The molecule has 2 aromatic carbocycles. The SMILES string of the molecule is CC1CCN(Cc2ccc(C(=O)NCCSCc3ccccc3F)cc2)CC1. The minimum Gasteiger partial charge on any atom is -0.351 e. The van der Waals surface area contributed by atoms with Crippen LogP contribution in [0.15, 0.2) is 48.5 Å². The second-order valence-corrected chi connectivity index (χ2v) is 8.66. The van der Waals surface area contributed by atoms with Crippen LogP contribution >= 0.6 is 11.8 Å². The molecule has 1 aliphatic rings. The summed E-state index contributed by atoms with van der Waals surface area (Å²) in [5.41, 5.74) is 2.65. The van der Waals surface area contributed by atoms with Crippen LogP contribution in [0.2, 0.25) is 0 Å². The normalized spacial score (nSPS) is 15.5. The molecule has 1 N–H and O–H groups in total. The number of carbonyl (C=O) groups excluding carboxylic acids is 1. The lowest BCUT2D eigenvalue weighted by Gasteiger charge is -2.30. The standard InChI is InChI=1S/C23H29FN2OS/c1-18-10-13-26(14-11-18)16-19-6-8-20(9-7-19)23(27)25-12-15-28-17-21-4-2-3-5-22(21)24/h2-9,18H,10-17H2,1H3,(H,25,27). The molecule has 1 saturated heterocycles. The summed E-state index contributed by atoms with van der Waals surface area (Å²) in [5, 5.41) is 2.94. The molecule has 2 aromatic rings. The molecule has 0 aromatic heterocycles. The van der Waals surface area contributed by atoms with Crippen LogP contribution in [-0.4, -0.2) is 36.2 Å². The smallest absolute Gasteiger partial charge is 0.251 e. The number of benzene rings is 2. The molecule has 0 aliphatic carbocycles. The molecule has 0 atom stereocenters. The summed E-state index contributed by atoms with van der Waals surface area (Å²) < 4.78 is 13.6. The number of piperidine rings is 1. The van der Waals surface area contributed by atoms with Crippen LogP contribution < -0.4 is 5.32 Å². The second kappa shape index (κ2) is 10.6. The predicted molar refractivity (Wildman–Crippen MR) is 115 cm³/mol. The van der Waals surface area contributed by atoms with E-state index in [1.54, 1.807) is 23.9 Å². The first-order chi connectivity index (χ1) is 13.6. The Morgan fingerprint density at radius 3 is 2.57 bits per heavy atom. The van der Waals surface area contributed by atoms with Gasteiger partial charge in [0.2, 0.25) is 0 Å². The van der Waals surface area contributed by atoms with Crippen molar-refractivity contribution in [2.45, 2.75) is 32.1 Å². The first kappa shape index (κ1) is 20.9. The van der Waals surface area contributed by atoms with Crippen molar-refractivity contribution in [3.05, 3.63) is 71.0 Å². The Bertz CT molecular complexity index is 757. The summed E-state index contributed by atoms with van der Waals surface area (Å²) in [7, 11) is 0. The van der Waals surface area contributed by atoms with Crippen LogP contribution in [0.4, 0.5) is 4.39 Å². The highest BCUT2D eigenvalue weighted by molar-refractivity contribution is 7.98. The molecule has 5 heteroatoms. The number of rotatable bonds is 8. The fraction of sp³-hybridized carbons (Fsp3) is 0.435. The van der Waals surface area contributed by atoms with E-state index in [0.29, 0.717) is 23.4 Å². The second-order valence-electron chi connectivity index (χ2n) is 7.56. The van der Waals surface area contributed by atoms with Gasteiger partial charge in [-0.2, -0.15) is 11.8 Å². The van der Waals surface area contributed by atoms with Gasteiger partial charge in [-0.25, -0.2) is 4.39 Å². The highest BCUT2D eigenvalue weighted by Crippen LogP contribution is 2.18. The summed E-state index contributed by atoms with van der Waals surface area (Å²) in [6.45, 7) is 6.18. The number of hydrogen-bond acceptors (Lipinski definition) is 3. The monoisotopic (exact) mass is 400 g/mol. The molecule has 1 aliphatic heterocycles. The molecule has 150 valence electrons. The van der Waals surface area contributed by atoms with Gasteiger partial charge in [-0.15, -0.1) is 0 Å². The van der Waals surface area contributed by atoms with E-state index in [9.17, 15) is 9.18 Å². The molecule has 0 spiro atoms. The quantitative estimate of drug-likeness (QED) is 0.651. The third-order valence-corrected chi connectivity index (χ3v) is 6.25. The molecular formula is C23H29FN2OS. The summed E-state index contributed by atoms with van der Waals surface area (Å²) in [6.07, 6.45) is 2.55. The lowest BCUT2D eigenvalue weighted by Crippen LogP contribution is -2.32. The zero-order valence-electron chi connectivity index (χ0n) is 16.5. The third kappa shape index (κ3) is 6.35. The van der Waals surface area contributed by atoms with Crippen molar-refractivity contribution in [2.24, 2.45) is 5.92 Å². The van der Waals surface area contributed by atoms with E-state index in [1.165, 1.54) is 24.5 Å². The highest BCUT2D eigenvalue weighted by atomic mass is 32.2. The topological polar surface area (TPSA) is 32.3 Å². The van der Waals surface area contributed by atoms with Crippen LogP contribution in [0.1, 0.15) is 41.3 Å². The minimum atomic E-state index is -0.168. The van der Waals surface area contributed by atoms with Gasteiger partial charge in [0, 0.05) is 30.2 Å². The van der Waals surface area contributed by atoms with Crippen molar-refractivity contribution < 1.29 is 9.18 Å². The highest BCUT2D eigenvalue weighted by Gasteiger charge is 2.15. The molecule has 28 heavy (non-hydrogen) atoms. The summed E-state index contributed by atoms with van der Waals surface area (Å²) in [6, 6.07) is 14.7. The van der Waals surface area contributed by atoms with Gasteiger partial charge in [-0.05, 0) is 61.2 Å². The zero-order valence-corrected chi connectivity index (χ0v) is 17.3. The summed E-state index contributed by atoms with van der Waals surface area (Å²) in [4.78, 5) is 14.8. The molecule has 0 radical (unpaired) electrons. The number of carbonyl (C=O) groups is 1. The number of hydrogen-bond donors (Lipinski definition) is 1. The number of halogens is 1. The Balaban J connectivity index is 1.37. The Morgan fingerprint density at radius 1 is 1.14 bits per heavy atom. The Hall–Kier alpha value is -1.85. The van der Waals surface area contributed by atoms with Gasteiger partial charge in [0.15, 0.2) is 0 Å². The van der Waals surface area contributed by atoms with Gasteiger partial charge in [0.25, 0.3) is 5.91 Å². The molecule has 1 heterocycles. The minimum absolute atomic E-state index is 0.0511. The maximum atomic E-state index is 13.6. The van der Waals surface area contributed by atoms with E-state index in [0.717, 1.165) is 31.3 Å². The number of nitrogens with one attached hydrogen (secondary N) is 1. The van der Waals surface area contributed by atoms with Gasteiger partial charge in [0.05, 0.1) is 0 Å². The van der Waals surface area contributed by atoms with Crippen molar-refractivity contribution in [1.29, 1.82) is 0 Å². The van der Waals surface area contributed by atoms with E-state index < -0.39 is 0 Å². The molecular weight excluding hydrogens is 371 g/mol. The van der Waals surface area contributed by atoms with Crippen molar-refractivity contribution in [1.82, 2.24) is 10.2 Å². The van der Waals surface area contributed by atoms with Crippen LogP contribution in [0.5, 0.6) is 0 Å². The van der Waals surface area contributed by atoms with Gasteiger partial charge >= 0.3 is 0 Å². The summed E-state index contributed by atoms with van der Waals surface area (Å²) in [5.74, 6) is 1.99. The Labute approximate surface area is 171 Å². The van der Waals surface area contributed by atoms with E-state index >= 15 is 0 Å². The molecule has 1 fully saturated rings. The van der Waals surface area contributed by atoms with Crippen LogP contribution in [0, 0.1) is 11.7 Å². The first-order valence-electron chi connectivity index (χ1n) is 10.0. The number of amides is 1. The number of nitrogens with zero attached hydrogens (tertiary/aromatic N) is 1. The van der Waals surface area contributed by atoms with Gasteiger partial charge in [-0.3, -0.25) is 9.69 Å². The van der Waals surface area contributed by atoms with Crippen LogP contribution in [-0.2, 0) is 12.3 Å². The van der Waals surface area contributed by atoms with Gasteiger partial charge < -0.3 is 5.32 Å².